The molecule has 2 aromatic carbocycles. The SMILES string of the molecule is CCCCCn1c(SCC(=O)Nc2c(C)cccc2[N+](=O)[O-])nc2cc(Cl)ccc2c1=O. The molecule has 3 aromatic rings. The highest BCUT2D eigenvalue weighted by molar-refractivity contribution is 7.99. The van der Waals surface area contributed by atoms with E-state index in [1.165, 1.54) is 6.07 Å². The number of nitro groups is 1. The molecule has 0 atom stereocenters. The quantitative estimate of drug-likeness (QED) is 0.150. The number of aromatic nitrogens is 2. The third-order valence-corrected chi connectivity index (χ3v) is 6.12. The lowest BCUT2D eigenvalue weighted by Gasteiger charge is -2.13. The molecular weight excluding hydrogens is 452 g/mol. The Morgan fingerprint density at radius 3 is 2.78 bits per heavy atom. The monoisotopic (exact) mass is 474 g/mol. The molecule has 10 heteroatoms. The van der Waals surface area contributed by atoms with Crippen molar-refractivity contribution in [3.05, 3.63) is 67.5 Å². The molecule has 1 aromatic heterocycles. The van der Waals surface area contributed by atoms with Crippen molar-refractivity contribution in [2.45, 2.75) is 44.8 Å². The number of fused-ring (bicyclic) bond motifs is 1. The van der Waals surface area contributed by atoms with Crippen LogP contribution in [0.5, 0.6) is 0 Å². The Morgan fingerprint density at radius 1 is 1.28 bits per heavy atom. The minimum absolute atomic E-state index is 0.0578. The molecular formula is C22H23ClN4O4S. The normalized spacial score (nSPS) is 11.0. The number of halogens is 1. The fourth-order valence-corrected chi connectivity index (χ4v) is 4.27. The highest BCUT2D eigenvalue weighted by Gasteiger charge is 2.19. The van der Waals surface area contributed by atoms with Crippen molar-refractivity contribution in [3.63, 3.8) is 0 Å². The molecule has 0 radical (unpaired) electrons. The van der Waals surface area contributed by atoms with Gasteiger partial charge >= 0.3 is 0 Å². The molecule has 32 heavy (non-hydrogen) atoms. The molecule has 0 bridgehead atoms. The van der Waals surface area contributed by atoms with Crippen LogP contribution in [0.3, 0.4) is 0 Å². The zero-order valence-electron chi connectivity index (χ0n) is 17.8. The van der Waals surface area contributed by atoms with E-state index in [4.69, 9.17) is 11.6 Å². The second-order valence-corrected chi connectivity index (χ2v) is 8.66. The van der Waals surface area contributed by atoms with Crippen molar-refractivity contribution in [2.75, 3.05) is 11.1 Å². The lowest BCUT2D eigenvalue weighted by atomic mass is 10.1. The fourth-order valence-electron chi connectivity index (χ4n) is 3.27. The van der Waals surface area contributed by atoms with Gasteiger partial charge < -0.3 is 5.32 Å². The third-order valence-electron chi connectivity index (χ3n) is 4.91. The van der Waals surface area contributed by atoms with Gasteiger partial charge in [-0.1, -0.05) is 55.3 Å². The summed E-state index contributed by atoms with van der Waals surface area (Å²) < 4.78 is 1.58. The van der Waals surface area contributed by atoms with Crippen LogP contribution in [-0.2, 0) is 11.3 Å². The lowest BCUT2D eigenvalue weighted by Crippen LogP contribution is -2.24. The number of hydrogen-bond donors (Lipinski definition) is 1. The number of para-hydroxylation sites is 1. The summed E-state index contributed by atoms with van der Waals surface area (Å²) in [7, 11) is 0. The predicted molar refractivity (Wildman–Crippen MR) is 128 cm³/mol. The standard InChI is InChI=1S/C22H23ClN4O4S/c1-3-4-5-11-26-21(29)16-10-9-15(23)12-17(16)24-22(26)32-13-19(28)25-20-14(2)7-6-8-18(20)27(30)31/h6-10,12H,3-5,11,13H2,1-2H3,(H,25,28). The lowest BCUT2D eigenvalue weighted by molar-refractivity contribution is -0.384. The number of thioether (sulfide) groups is 1. The van der Waals surface area contributed by atoms with Crippen molar-refractivity contribution in [2.24, 2.45) is 0 Å². The molecule has 0 aliphatic heterocycles. The first kappa shape index (κ1) is 23.7. The van der Waals surface area contributed by atoms with Crippen molar-refractivity contribution in [3.8, 4) is 0 Å². The summed E-state index contributed by atoms with van der Waals surface area (Å²) in [5.74, 6) is -0.481. The Hall–Kier alpha value is -2.91. The second kappa shape index (κ2) is 10.6. The Kier molecular flexibility index (Phi) is 7.87. The molecule has 0 saturated carbocycles. The van der Waals surface area contributed by atoms with Gasteiger partial charge in [-0.2, -0.15) is 0 Å². The summed E-state index contributed by atoms with van der Waals surface area (Å²) in [5.41, 5.74) is 0.874. The molecule has 1 heterocycles. The van der Waals surface area contributed by atoms with Gasteiger partial charge in [0.1, 0.15) is 5.69 Å². The number of nitrogens with zero attached hydrogens (tertiary/aromatic N) is 3. The molecule has 8 nitrogen and oxygen atoms in total. The van der Waals surface area contributed by atoms with Crippen molar-refractivity contribution in [1.82, 2.24) is 9.55 Å². The van der Waals surface area contributed by atoms with Gasteiger partial charge in [0.2, 0.25) is 5.91 Å². The summed E-state index contributed by atoms with van der Waals surface area (Å²) in [6, 6.07) is 9.53. The van der Waals surface area contributed by atoms with E-state index in [2.05, 4.69) is 17.2 Å². The number of hydrogen-bond acceptors (Lipinski definition) is 6. The summed E-state index contributed by atoms with van der Waals surface area (Å²) in [6.45, 7) is 4.26. The van der Waals surface area contributed by atoms with Crippen LogP contribution in [0, 0.1) is 17.0 Å². The summed E-state index contributed by atoms with van der Waals surface area (Å²) in [4.78, 5) is 41.0. The number of aryl methyl sites for hydroxylation is 1. The Morgan fingerprint density at radius 2 is 2.06 bits per heavy atom. The third kappa shape index (κ3) is 5.46. The van der Waals surface area contributed by atoms with Crippen molar-refractivity contribution in [1.29, 1.82) is 0 Å². The summed E-state index contributed by atoms with van der Waals surface area (Å²) in [6.07, 6.45) is 2.78. The number of carbonyl (C=O) groups excluding carboxylic acids is 1. The minimum Gasteiger partial charge on any atom is -0.319 e. The first-order valence-corrected chi connectivity index (χ1v) is 11.5. The van der Waals surface area contributed by atoms with E-state index >= 15 is 0 Å². The molecule has 0 aliphatic carbocycles. The van der Waals surface area contributed by atoms with E-state index in [9.17, 15) is 19.7 Å². The van der Waals surface area contributed by atoms with Crippen LogP contribution in [0.1, 0.15) is 31.7 Å². The van der Waals surface area contributed by atoms with Gasteiger partial charge in [-0.05, 0) is 37.1 Å². The zero-order valence-corrected chi connectivity index (χ0v) is 19.3. The zero-order chi connectivity index (χ0) is 23.3. The minimum atomic E-state index is -0.532. The van der Waals surface area contributed by atoms with Gasteiger partial charge in [0.25, 0.3) is 11.2 Å². The van der Waals surface area contributed by atoms with Crippen LogP contribution in [0.15, 0.2) is 46.3 Å². The van der Waals surface area contributed by atoms with E-state index < -0.39 is 10.8 Å². The van der Waals surface area contributed by atoms with Crippen molar-refractivity contribution < 1.29 is 9.72 Å². The number of rotatable bonds is 9. The Balaban J connectivity index is 1.86. The Bertz CT molecular complexity index is 1230. The van der Waals surface area contributed by atoms with Gasteiger partial charge in [-0.15, -0.1) is 0 Å². The van der Waals surface area contributed by atoms with E-state index in [1.807, 2.05) is 0 Å². The van der Waals surface area contributed by atoms with Gasteiger partial charge in [0, 0.05) is 17.6 Å². The molecule has 0 spiro atoms. The largest absolute Gasteiger partial charge is 0.319 e. The van der Waals surface area contributed by atoms with E-state index in [1.54, 1.807) is 41.8 Å². The van der Waals surface area contributed by atoms with Crippen LogP contribution >= 0.6 is 23.4 Å². The molecule has 1 N–H and O–H groups in total. The maximum Gasteiger partial charge on any atom is 0.293 e. The molecule has 0 unspecified atom stereocenters. The van der Waals surface area contributed by atoms with Gasteiger partial charge in [-0.25, -0.2) is 4.98 Å². The first-order chi connectivity index (χ1) is 15.3. The topological polar surface area (TPSA) is 107 Å². The van der Waals surface area contributed by atoms with Gasteiger partial charge in [-0.3, -0.25) is 24.3 Å². The summed E-state index contributed by atoms with van der Waals surface area (Å²) >= 11 is 7.18. The number of anilines is 1. The highest BCUT2D eigenvalue weighted by Crippen LogP contribution is 2.28. The number of amides is 1. The molecule has 3 rings (SSSR count). The van der Waals surface area contributed by atoms with E-state index in [0.717, 1.165) is 31.0 Å². The molecule has 0 fully saturated rings. The predicted octanol–water partition coefficient (Wildman–Crippen LogP) is 5.19. The fraction of sp³-hybridized carbons (Fsp3) is 0.318. The van der Waals surface area contributed by atoms with Crippen LogP contribution in [0.25, 0.3) is 10.9 Å². The average molecular weight is 475 g/mol. The Labute approximate surface area is 194 Å². The molecule has 0 saturated heterocycles. The van der Waals surface area contributed by atoms with Crippen LogP contribution in [0.4, 0.5) is 11.4 Å². The number of unbranched alkanes of at least 4 members (excludes halogenated alkanes) is 2. The number of nitro benzene ring substituents is 1. The van der Waals surface area contributed by atoms with E-state index in [0.29, 0.717) is 33.2 Å². The smallest absolute Gasteiger partial charge is 0.293 e. The first-order valence-electron chi connectivity index (χ1n) is 10.2. The maximum absolute atomic E-state index is 13.0. The van der Waals surface area contributed by atoms with Crippen LogP contribution < -0.4 is 10.9 Å². The van der Waals surface area contributed by atoms with Gasteiger partial charge in [0.15, 0.2) is 5.16 Å². The highest BCUT2D eigenvalue weighted by atomic mass is 35.5. The van der Waals surface area contributed by atoms with Gasteiger partial charge in [0.05, 0.1) is 21.6 Å². The number of nitrogens with one attached hydrogen (secondary N) is 1. The van der Waals surface area contributed by atoms with Crippen LogP contribution in [-0.4, -0.2) is 26.1 Å². The average Bonchev–Trinajstić information content (AvgIpc) is 2.75. The molecule has 1 amide bonds. The van der Waals surface area contributed by atoms with E-state index in [-0.39, 0.29) is 22.7 Å². The second-order valence-electron chi connectivity index (χ2n) is 7.28. The van der Waals surface area contributed by atoms with Crippen LogP contribution in [0.2, 0.25) is 5.02 Å². The maximum atomic E-state index is 13.0. The molecule has 168 valence electrons. The molecule has 0 aliphatic rings. The number of carbonyl (C=O) groups is 1. The van der Waals surface area contributed by atoms with Crippen molar-refractivity contribution >= 4 is 51.5 Å². The summed E-state index contributed by atoms with van der Waals surface area (Å²) in [5, 5.41) is 15.3. The number of benzene rings is 2.